The minimum atomic E-state index is -0.878. The molecule has 0 aliphatic rings. The van der Waals surface area contributed by atoms with Crippen molar-refractivity contribution in [1.82, 2.24) is 19.7 Å². The van der Waals surface area contributed by atoms with Crippen LogP contribution in [-0.4, -0.2) is 36.6 Å². The van der Waals surface area contributed by atoms with E-state index in [-0.39, 0.29) is 11.8 Å². The Hall–Kier alpha value is -1.41. The van der Waals surface area contributed by atoms with Gasteiger partial charge in [0, 0.05) is 16.7 Å². The maximum absolute atomic E-state index is 10.7. The third-order valence-electron chi connectivity index (χ3n) is 2.46. The highest BCUT2D eigenvalue weighted by Gasteiger charge is 2.18. The second kappa shape index (κ2) is 6.36. The molecule has 0 saturated carbocycles. The van der Waals surface area contributed by atoms with Gasteiger partial charge in [0.1, 0.15) is 5.69 Å². The zero-order valence-corrected chi connectivity index (χ0v) is 13.3. The van der Waals surface area contributed by atoms with Crippen molar-refractivity contribution < 1.29 is 9.90 Å². The highest BCUT2D eigenvalue weighted by molar-refractivity contribution is 9.10. The molecule has 0 fully saturated rings. The number of hydrogen-bond donors (Lipinski definition) is 1. The van der Waals surface area contributed by atoms with Crippen molar-refractivity contribution in [2.75, 3.05) is 5.75 Å². The number of aromatic nitrogens is 4. The first-order valence-electron chi connectivity index (χ1n) is 5.90. The predicted molar refractivity (Wildman–Crippen MR) is 79.7 cm³/mol. The summed E-state index contributed by atoms with van der Waals surface area (Å²) in [5.41, 5.74) is 0.705. The number of carboxylic acids is 1. The van der Waals surface area contributed by atoms with Crippen molar-refractivity contribution in [2.45, 2.75) is 25.0 Å². The molecule has 0 saturated heterocycles. The number of halogens is 1. The van der Waals surface area contributed by atoms with E-state index in [0.717, 1.165) is 16.2 Å². The molecular formula is C12H13BrN4O2S. The first kappa shape index (κ1) is 15.0. The number of pyridine rings is 1. The second-order valence-corrected chi connectivity index (χ2v) is 6.17. The van der Waals surface area contributed by atoms with Gasteiger partial charge >= 0.3 is 5.97 Å². The summed E-state index contributed by atoms with van der Waals surface area (Å²) in [4.78, 5) is 15.0. The van der Waals surface area contributed by atoms with E-state index in [1.54, 1.807) is 6.20 Å². The van der Waals surface area contributed by atoms with Crippen LogP contribution in [0.15, 0.2) is 28.0 Å². The molecule has 2 rings (SSSR count). The Kier molecular flexibility index (Phi) is 4.77. The smallest absolute Gasteiger partial charge is 0.313 e. The van der Waals surface area contributed by atoms with Gasteiger partial charge in [-0.15, -0.1) is 10.2 Å². The Bertz CT molecular complexity index is 612. The lowest BCUT2D eigenvalue weighted by molar-refractivity contribution is -0.133. The summed E-state index contributed by atoms with van der Waals surface area (Å²) in [6.07, 6.45) is 1.69. The normalized spacial score (nSPS) is 11.0. The van der Waals surface area contributed by atoms with Crippen molar-refractivity contribution in [3.63, 3.8) is 0 Å². The predicted octanol–water partition coefficient (Wildman–Crippen LogP) is 2.86. The highest BCUT2D eigenvalue weighted by Crippen LogP contribution is 2.27. The third kappa shape index (κ3) is 3.37. The maximum atomic E-state index is 10.7. The van der Waals surface area contributed by atoms with E-state index >= 15 is 0 Å². The van der Waals surface area contributed by atoms with E-state index in [0.29, 0.717) is 16.7 Å². The van der Waals surface area contributed by atoms with Gasteiger partial charge in [0.15, 0.2) is 11.0 Å². The van der Waals surface area contributed by atoms with Gasteiger partial charge < -0.3 is 5.11 Å². The minimum Gasteiger partial charge on any atom is -0.481 e. The van der Waals surface area contributed by atoms with E-state index in [2.05, 4.69) is 31.1 Å². The molecule has 6 nitrogen and oxygen atoms in total. The van der Waals surface area contributed by atoms with Crippen LogP contribution in [-0.2, 0) is 4.79 Å². The van der Waals surface area contributed by atoms with Gasteiger partial charge in [-0.2, -0.15) is 0 Å². The molecular weight excluding hydrogens is 344 g/mol. The summed E-state index contributed by atoms with van der Waals surface area (Å²) in [5, 5.41) is 17.6. The Labute approximate surface area is 128 Å². The molecule has 2 aromatic rings. The van der Waals surface area contributed by atoms with Gasteiger partial charge in [0.2, 0.25) is 0 Å². The molecule has 2 heterocycles. The minimum absolute atomic E-state index is 0.0430. The van der Waals surface area contributed by atoms with Crippen LogP contribution in [0.4, 0.5) is 0 Å². The Balaban J connectivity index is 2.38. The zero-order valence-electron chi connectivity index (χ0n) is 10.9. The zero-order chi connectivity index (χ0) is 14.7. The molecule has 8 heteroatoms. The lowest BCUT2D eigenvalue weighted by Crippen LogP contribution is -2.07. The van der Waals surface area contributed by atoms with Crippen molar-refractivity contribution in [3.05, 3.63) is 22.8 Å². The number of carbonyl (C=O) groups is 1. The van der Waals surface area contributed by atoms with Crippen molar-refractivity contribution in [1.29, 1.82) is 0 Å². The largest absolute Gasteiger partial charge is 0.481 e. The van der Waals surface area contributed by atoms with Crippen LogP contribution < -0.4 is 0 Å². The molecule has 2 aromatic heterocycles. The van der Waals surface area contributed by atoms with E-state index in [9.17, 15) is 4.79 Å². The van der Waals surface area contributed by atoms with Gasteiger partial charge in [-0.25, -0.2) is 0 Å². The first-order chi connectivity index (χ1) is 9.49. The first-order valence-corrected chi connectivity index (χ1v) is 7.68. The van der Waals surface area contributed by atoms with Crippen molar-refractivity contribution >= 4 is 33.7 Å². The average molecular weight is 357 g/mol. The van der Waals surface area contributed by atoms with E-state index in [4.69, 9.17) is 5.11 Å². The summed E-state index contributed by atoms with van der Waals surface area (Å²) in [6, 6.07) is 3.84. The molecule has 0 aliphatic carbocycles. The monoisotopic (exact) mass is 356 g/mol. The van der Waals surface area contributed by atoms with Crippen molar-refractivity contribution in [3.8, 4) is 11.5 Å². The molecule has 0 radical (unpaired) electrons. The topological polar surface area (TPSA) is 80.9 Å². The van der Waals surface area contributed by atoms with Gasteiger partial charge in [0.25, 0.3) is 0 Å². The SMILES string of the molecule is CC(C)n1c(SCC(=O)O)nnc1-c1ccc(Br)cn1. The molecule has 106 valence electrons. The van der Waals surface area contributed by atoms with Gasteiger partial charge in [-0.05, 0) is 41.9 Å². The number of carboxylic acid groups (broad SMARTS) is 1. The molecule has 0 amide bonds. The summed E-state index contributed by atoms with van der Waals surface area (Å²) in [5.74, 6) is -0.282. The van der Waals surface area contributed by atoms with Crippen LogP contribution in [0.1, 0.15) is 19.9 Å². The number of aliphatic carboxylic acids is 1. The molecule has 0 bridgehead atoms. The van der Waals surface area contributed by atoms with Gasteiger partial charge in [0.05, 0.1) is 5.75 Å². The standard InChI is InChI=1S/C12H13BrN4O2S/c1-7(2)17-11(9-4-3-8(13)5-14-9)15-16-12(17)20-6-10(18)19/h3-5,7H,6H2,1-2H3,(H,18,19). The van der Waals surface area contributed by atoms with Crippen LogP contribution in [0.5, 0.6) is 0 Å². The van der Waals surface area contributed by atoms with Crippen LogP contribution in [0, 0.1) is 0 Å². The Morgan fingerprint density at radius 3 is 2.75 bits per heavy atom. The van der Waals surface area contributed by atoms with Crippen LogP contribution in [0.3, 0.4) is 0 Å². The van der Waals surface area contributed by atoms with Crippen LogP contribution >= 0.6 is 27.7 Å². The van der Waals surface area contributed by atoms with Crippen molar-refractivity contribution in [2.24, 2.45) is 0 Å². The molecule has 20 heavy (non-hydrogen) atoms. The third-order valence-corrected chi connectivity index (χ3v) is 3.86. The second-order valence-electron chi connectivity index (χ2n) is 4.31. The summed E-state index contributed by atoms with van der Waals surface area (Å²) >= 11 is 4.49. The fourth-order valence-electron chi connectivity index (χ4n) is 1.65. The molecule has 0 spiro atoms. The fourth-order valence-corrected chi connectivity index (χ4v) is 2.67. The lowest BCUT2D eigenvalue weighted by atomic mass is 10.3. The average Bonchev–Trinajstić information content (AvgIpc) is 2.81. The molecule has 0 unspecified atom stereocenters. The molecule has 0 aliphatic heterocycles. The van der Waals surface area contributed by atoms with Gasteiger partial charge in [-0.1, -0.05) is 11.8 Å². The lowest BCUT2D eigenvalue weighted by Gasteiger charge is -2.12. The van der Waals surface area contributed by atoms with E-state index < -0.39 is 5.97 Å². The van der Waals surface area contributed by atoms with E-state index in [1.807, 2.05) is 30.5 Å². The quantitative estimate of drug-likeness (QED) is 0.829. The molecule has 1 N–H and O–H groups in total. The fraction of sp³-hybridized carbons (Fsp3) is 0.333. The molecule has 0 aromatic carbocycles. The number of hydrogen-bond acceptors (Lipinski definition) is 5. The summed E-state index contributed by atoms with van der Waals surface area (Å²) in [6.45, 7) is 3.99. The van der Waals surface area contributed by atoms with Gasteiger partial charge in [-0.3, -0.25) is 14.3 Å². The number of rotatable bonds is 5. The Morgan fingerprint density at radius 1 is 1.45 bits per heavy atom. The maximum Gasteiger partial charge on any atom is 0.313 e. The van der Waals surface area contributed by atoms with Crippen LogP contribution in [0.2, 0.25) is 0 Å². The van der Waals surface area contributed by atoms with E-state index in [1.165, 1.54) is 0 Å². The van der Waals surface area contributed by atoms with Crippen LogP contribution in [0.25, 0.3) is 11.5 Å². The highest BCUT2D eigenvalue weighted by atomic mass is 79.9. The summed E-state index contributed by atoms with van der Waals surface area (Å²) < 4.78 is 2.78. The molecule has 0 atom stereocenters. The number of nitrogens with zero attached hydrogens (tertiary/aromatic N) is 4. The Morgan fingerprint density at radius 2 is 2.20 bits per heavy atom. The summed E-state index contributed by atoms with van der Waals surface area (Å²) in [7, 11) is 0. The number of thioether (sulfide) groups is 1.